The topological polar surface area (TPSA) is 47.4 Å². The standard InChI is InChI=1S/C19H23N3O2/c1-2-24-18-9-6-12-21(15-18)19(23)11-10-16-13-20-22(14-16)17-7-4-3-5-8-17/h3-5,7-8,10-11,13-14,18H,2,6,9,12,15H2,1H3/b11-10+. The molecule has 1 saturated heterocycles. The lowest BCUT2D eigenvalue weighted by atomic mass is 10.1. The lowest BCUT2D eigenvalue weighted by Gasteiger charge is -2.31. The molecule has 5 heteroatoms. The van der Waals surface area contributed by atoms with Crippen LogP contribution in [-0.4, -0.2) is 46.4 Å². The van der Waals surface area contributed by atoms with E-state index in [0.29, 0.717) is 13.2 Å². The van der Waals surface area contributed by atoms with E-state index < -0.39 is 0 Å². The molecule has 1 aliphatic rings. The molecule has 1 aromatic heterocycles. The first-order valence-electron chi connectivity index (χ1n) is 8.45. The zero-order valence-corrected chi connectivity index (χ0v) is 14.0. The van der Waals surface area contributed by atoms with Crippen molar-refractivity contribution in [3.8, 4) is 5.69 Å². The molecule has 0 radical (unpaired) electrons. The van der Waals surface area contributed by atoms with E-state index in [2.05, 4.69) is 5.10 Å². The summed E-state index contributed by atoms with van der Waals surface area (Å²) < 4.78 is 7.45. The van der Waals surface area contributed by atoms with E-state index in [4.69, 9.17) is 4.74 Å². The summed E-state index contributed by atoms with van der Waals surface area (Å²) in [5.41, 5.74) is 1.91. The van der Waals surface area contributed by atoms with Crippen molar-refractivity contribution in [2.24, 2.45) is 0 Å². The maximum absolute atomic E-state index is 12.4. The van der Waals surface area contributed by atoms with Gasteiger partial charge in [-0.25, -0.2) is 4.68 Å². The van der Waals surface area contributed by atoms with Crippen LogP contribution in [0.2, 0.25) is 0 Å². The molecule has 0 aliphatic carbocycles. The van der Waals surface area contributed by atoms with Gasteiger partial charge in [0.1, 0.15) is 0 Å². The van der Waals surface area contributed by atoms with Gasteiger partial charge < -0.3 is 9.64 Å². The smallest absolute Gasteiger partial charge is 0.246 e. The van der Waals surface area contributed by atoms with Crippen molar-refractivity contribution in [3.05, 3.63) is 54.4 Å². The maximum Gasteiger partial charge on any atom is 0.246 e. The largest absolute Gasteiger partial charge is 0.377 e. The SMILES string of the molecule is CCOC1CCCN(C(=O)/C=C/c2cnn(-c3ccccc3)c2)C1. The van der Waals surface area contributed by atoms with Crippen molar-refractivity contribution in [1.29, 1.82) is 0 Å². The van der Waals surface area contributed by atoms with Crippen LogP contribution in [0.15, 0.2) is 48.8 Å². The van der Waals surface area contributed by atoms with Crippen LogP contribution in [0.1, 0.15) is 25.3 Å². The van der Waals surface area contributed by atoms with Crippen molar-refractivity contribution in [1.82, 2.24) is 14.7 Å². The van der Waals surface area contributed by atoms with Gasteiger partial charge >= 0.3 is 0 Å². The lowest BCUT2D eigenvalue weighted by Crippen LogP contribution is -2.42. The second-order valence-corrected chi connectivity index (χ2v) is 5.89. The Morgan fingerprint density at radius 1 is 1.38 bits per heavy atom. The monoisotopic (exact) mass is 325 g/mol. The summed E-state index contributed by atoms with van der Waals surface area (Å²) >= 11 is 0. The predicted molar refractivity (Wildman–Crippen MR) is 93.8 cm³/mol. The molecule has 1 amide bonds. The van der Waals surface area contributed by atoms with Gasteiger partial charge in [0, 0.05) is 37.5 Å². The number of ether oxygens (including phenoxy) is 1. The zero-order valence-electron chi connectivity index (χ0n) is 14.0. The van der Waals surface area contributed by atoms with Gasteiger partial charge in [0.2, 0.25) is 5.91 Å². The molecule has 3 rings (SSSR count). The van der Waals surface area contributed by atoms with E-state index >= 15 is 0 Å². The zero-order chi connectivity index (χ0) is 16.8. The van der Waals surface area contributed by atoms with E-state index in [1.165, 1.54) is 0 Å². The van der Waals surface area contributed by atoms with Gasteiger partial charge in [0.15, 0.2) is 0 Å². The third-order valence-electron chi connectivity index (χ3n) is 4.13. The van der Waals surface area contributed by atoms with Gasteiger partial charge in [-0.2, -0.15) is 5.10 Å². The summed E-state index contributed by atoms with van der Waals surface area (Å²) in [7, 11) is 0. The van der Waals surface area contributed by atoms with Gasteiger partial charge in [-0.15, -0.1) is 0 Å². The molecule has 1 fully saturated rings. The fourth-order valence-corrected chi connectivity index (χ4v) is 2.93. The van der Waals surface area contributed by atoms with Gasteiger partial charge in [-0.3, -0.25) is 4.79 Å². The molecule has 126 valence electrons. The summed E-state index contributed by atoms with van der Waals surface area (Å²) in [6, 6.07) is 9.91. The highest BCUT2D eigenvalue weighted by atomic mass is 16.5. The van der Waals surface area contributed by atoms with E-state index in [9.17, 15) is 4.79 Å². The van der Waals surface area contributed by atoms with Gasteiger partial charge in [0.25, 0.3) is 0 Å². The Morgan fingerprint density at radius 2 is 2.21 bits per heavy atom. The Hall–Kier alpha value is -2.40. The molecular formula is C19H23N3O2. The molecule has 1 unspecified atom stereocenters. The number of benzene rings is 1. The third kappa shape index (κ3) is 4.11. The molecule has 24 heavy (non-hydrogen) atoms. The number of carbonyl (C=O) groups is 1. The van der Waals surface area contributed by atoms with Crippen molar-refractivity contribution in [3.63, 3.8) is 0 Å². The number of aromatic nitrogens is 2. The highest BCUT2D eigenvalue weighted by Gasteiger charge is 2.22. The maximum atomic E-state index is 12.4. The summed E-state index contributed by atoms with van der Waals surface area (Å²) in [5.74, 6) is 0.0341. The third-order valence-corrected chi connectivity index (χ3v) is 4.13. The Labute approximate surface area is 142 Å². The minimum Gasteiger partial charge on any atom is -0.377 e. The second kappa shape index (κ2) is 7.93. The predicted octanol–water partition coefficient (Wildman–Crippen LogP) is 2.91. The van der Waals surface area contributed by atoms with Crippen LogP contribution in [0, 0.1) is 0 Å². The van der Waals surface area contributed by atoms with Crippen LogP contribution in [0.3, 0.4) is 0 Å². The average Bonchev–Trinajstić information content (AvgIpc) is 3.10. The molecule has 2 aromatic rings. The number of nitrogens with zero attached hydrogens (tertiary/aromatic N) is 3. The fourth-order valence-electron chi connectivity index (χ4n) is 2.93. The highest BCUT2D eigenvalue weighted by molar-refractivity contribution is 5.91. The highest BCUT2D eigenvalue weighted by Crippen LogP contribution is 2.14. The Bertz CT molecular complexity index is 692. The molecule has 2 heterocycles. The number of hydrogen-bond donors (Lipinski definition) is 0. The number of piperidine rings is 1. The van der Waals surface area contributed by atoms with Crippen molar-refractivity contribution in [2.45, 2.75) is 25.9 Å². The van der Waals surface area contributed by atoms with Gasteiger partial charge in [-0.05, 0) is 38.0 Å². The summed E-state index contributed by atoms with van der Waals surface area (Å²) in [6.45, 7) is 4.17. The van der Waals surface area contributed by atoms with Crippen LogP contribution in [-0.2, 0) is 9.53 Å². The molecule has 5 nitrogen and oxygen atoms in total. The molecule has 1 aromatic carbocycles. The van der Waals surface area contributed by atoms with Crippen LogP contribution >= 0.6 is 0 Å². The molecule has 0 saturated carbocycles. The Kier molecular flexibility index (Phi) is 5.43. The van der Waals surface area contributed by atoms with Crippen LogP contribution in [0.25, 0.3) is 11.8 Å². The number of carbonyl (C=O) groups excluding carboxylic acids is 1. The minimum absolute atomic E-state index is 0.0341. The lowest BCUT2D eigenvalue weighted by molar-refractivity contribution is -0.129. The number of likely N-dealkylation sites (tertiary alicyclic amines) is 1. The van der Waals surface area contributed by atoms with E-state index in [1.807, 2.05) is 54.4 Å². The number of para-hydroxylation sites is 1. The minimum atomic E-state index is 0.0341. The normalized spacial score (nSPS) is 18.2. The second-order valence-electron chi connectivity index (χ2n) is 5.89. The first kappa shape index (κ1) is 16.5. The van der Waals surface area contributed by atoms with E-state index in [-0.39, 0.29) is 12.0 Å². The van der Waals surface area contributed by atoms with Crippen LogP contribution in [0.5, 0.6) is 0 Å². The molecule has 1 atom stereocenters. The van der Waals surface area contributed by atoms with E-state index in [0.717, 1.165) is 30.6 Å². The summed E-state index contributed by atoms with van der Waals surface area (Å²) in [5, 5.41) is 4.33. The quantitative estimate of drug-likeness (QED) is 0.794. The van der Waals surface area contributed by atoms with Crippen LogP contribution < -0.4 is 0 Å². The summed E-state index contributed by atoms with van der Waals surface area (Å²) in [4.78, 5) is 14.2. The number of amides is 1. The first-order chi connectivity index (χ1) is 11.8. The van der Waals surface area contributed by atoms with Crippen LogP contribution in [0.4, 0.5) is 0 Å². The molecular weight excluding hydrogens is 302 g/mol. The molecule has 1 aliphatic heterocycles. The summed E-state index contributed by atoms with van der Waals surface area (Å²) in [6.07, 6.45) is 9.32. The van der Waals surface area contributed by atoms with Crippen molar-refractivity contribution in [2.75, 3.05) is 19.7 Å². The fraction of sp³-hybridized carbons (Fsp3) is 0.368. The Morgan fingerprint density at radius 3 is 3.00 bits per heavy atom. The van der Waals surface area contributed by atoms with Gasteiger partial charge in [0.05, 0.1) is 18.0 Å². The number of hydrogen-bond acceptors (Lipinski definition) is 3. The van der Waals surface area contributed by atoms with E-state index in [1.54, 1.807) is 17.0 Å². The average molecular weight is 325 g/mol. The van der Waals surface area contributed by atoms with Crippen molar-refractivity contribution >= 4 is 12.0 Å². The first-order valence-corrected chi connectivity index (χ1v) is 8.45. The van der Waals surface area contributed by atoms with Crippen molar-refractivity contribution < 1.29 is 9.53 Å². The molecule has 0 N–H and O–H groups in total. The Balaban J connectivity index is 1.61. The molecule has 0 bridgehead atoms. The molecule has 0 spiro atoms. The van der Waals surface area contributed by atoms with Gasteiger partial charge in [-0.1, -0.05) is 18.2 Å². The number of rotatable bonds is 5.